The zero-order valence-electron chi connectivity index (χ0n) is 11.8. The number of thiol groups is 1. The van der Waals surface area contributed by atoms with Crippen LogP contribution in [-0.2, 0) is 9.53 Å². The van der Waals surface area contributed by atoms with E-state index in [0.29, 0.717) is 11.1 Å². The van der Waals surface area contributed by atoms with Crippen molar-refractivity contribution in [3.8, 4) is 0 Å². The van der Waals surface area contributed by atoms with Crippen LogP contribution in [0.2, 0.25) is 0 Å². The minimum atomic E-state index is -0.474. The molecule has 0 fully saturated rings. The van der Waals surface area contributed by atoms with Crippen molar-refractivity contribution in [2.45, 2.75) is 13.8 Å². The van der Waals surface area contributed by atoms with Crippen molar-refractivity contribution in [1.82, 2.24) is 10.0 Å². The molecule has 1 aromatic carbocycles. The van der Waals surface area contributed by atoms with E-state index < -0.39 is 17.8 Å². The number of carbonyl (C=O) groups is 3. The van der Waals surface area contributed by atoms with Crippen LogP contribution in [0.15, 0.2) is 24.3 Å². The molecule has 1 aliphatic rings. The van der Waals surface area contributed by atoms with Gasteiger partial charge in [0, 0.05) is 12.4 Å². The molecule has 0 radical (unpaired) electrons. The maximum atomic E-state index is 12.4. The highest BCUT2D eigenvalue weighted by molar-refractivity contribution is 7.97. The number of fused-ring (bicyclic) bond motifs is 1. The van der Waals surface area contributed by atoms with E-state index in [1.165, 1.54) is 11.9 Å². The average Bonchev–Trinajstić information content (AvgIpc) is 2.72. The number of esters is 1. The number of ether oxygens (including phenoxy) is 1. The Kier molecular flexibility index (Phi) is 4.87. The zero-order chi connectivity index (χ0) is 15.4. The molecular weight excluding hydrogens is 292 g/mol. The van der Waals surface area contributed by atoms with Crippen molar-refractivity contribution in [1.29, 1.82) is 0 Å². The molecule has 0 aliphatic carbocycles. The second-order valence-electron chi connectivity index (χ2n) is 4.29. The number of hydrazine groups is 1. The topological polar surface area (TPSA) is 66.9 Å². The Balaban J connectivity index is 2.29. The van der Waals surface area contributed by atoms with Gasteiger partial charge in [0.2, 0.25) is 0 Å². The SMILES string of the molecule is CC[SH]=CN(COC(C)=O)N1C(=O)c2ccccc2C1=O. The molecule has 21 heavy (non-hydrogen) atoms. The Morgan fingerprint density at radius 1 is 1.29 bits per heavy atom. The van der Waals surface area contributed by atoms with Crippen molar-refractivity contribution in [3.05, 3.63) is 35.4 Å². The largest absolute Gasteiger partial charge is 0.448 e. The number of rotatable bonds is 5. The van der Waals surface area contributed by atoms with E-state index in [4.69, 9.17) is 4.74 Å². The molecule has 2 rings (SSSR count). The lowest BCUT2D eigenvalue weighted by molar-refractivity contribution is -0.147. The third-order valence-corrected chi connectivity index (χ3v) is 3.62. The summed E-state index contributed by atoms with van der Waals surface area (Å²) in [5, 5.41) is 2.35. The minimum absolute atomic E-state index is 0.173. The quantitative estimate of drug-likeness (QED) is 0.292. The summed E-state index contributed by atoms with van der Waals surface area (Å²) in [4.78, 5) is 35.7. The summed E-state index contributed by atoms with van der Waals surface area (Å²) < 4.78 is 4.91. The van der Waals surface area contributed by atoms with E-state index in [2.05, 4.69) is 0 Å². The molecule has 0 N–H and O–H groups in total. The molecule has 7 heteroatoms. The van der Waals surface area contributed by atoms with Gasteiger partial charge in [0.25, 0.3) is 11.8 Å². The fraction of sp³-hybridized carbons (Fsp3) is 0.286. The molecule has 0 saturated carbocycles. The van der Waals surface area contributed by atoms with Gasteiger partial charge in [-0.15, -0.1) is 5.01 Å². The summed E-state index contributed by atoms with van der Waals surface area (Å²) in [7, 11) is 0. The van der Waals surface area contributed by atoms with Gasteiger partial charge in [0.15, 0.2) is 6.73 Å². The van der Waals surface area contributed by atoms with E-state index in [1.807, 2.05) is 6.92 Å². The normalized spacial score (nSPS) is 14.5. The lowest BCUT2D eigenvalue weighted by atomic mass is 10.1. The third kappa shape index (κ3) is 3.20. The summed E-state index contributed by atoms with van der Waals surface area (Å²) in [6, 6.07) is 6.63. The first-order valence-electron chi connectivity index (χ1n) is 6.44. The highest BCUT2D eigenvalue weighted by atomic mass is 32.1. The second-order valence-corrected chi connectivity index (χ2v) is 5.51. The molecule has 0 spiro atoms. The maximum Gasteiger partial charge on any atom is 0.304 e. The highest BCUT2D eigenvalue weighted by Crippen LogP contribution is 2.23. The summed E-state index contributed by atoms with van der Waals surface area (Å²) in [6.07, 6.45) is 0. The molecular formula is C14H16N2O4S. The molecule has 0 bridgehead atoms. The van der Waals surface area contributed by atoms with Crippen LogP contribution in [0.4, 0.5) is 0 Å². The van der Waals surface area contributed by atoms with Crippen LogP contribution in [-0.4, -0.2) is 45.8 Å². The van der Waals surface area contributed by atoms with Crippen molar-refractivity contribution < 1.29 is 19.1 Å². The van der Waals surface area contributed by atoms with Gasteiger partial charge in [0.1, 0.15) is 0 Å². The van der Waals surface area contributed by atoms with Gasteiger partial charge in [-0.1, -0.05) is 19.1 Å². The lowest BCUT2D eigenvalue weighted by Crippen LogP contribution is -2.46. The molecule has 1 aromatic rings. The summed E-state index contributed by atoms with van der Waals surface area (Å²) >= 11 is 0.908. The minimum Gasteiger partial charge on any atom is -0.448 e. The monoisotopic (exact) mass is 308 g/mol. The van der Waals surface area contributed by atoms with Gasteiger partial charge in [-0.25, -0.2) is 0 Å². The van der Waals surface area contributed by atoms with Crippen molar-refractivity contribution in [2.24, 2.45) is 0 Å². The second kappa shape index (κ2) is 6.64. The summed E-state index contributed by atoms with van der Waals surface area (Å²) in [5.74, 6) is -0.478. The Bertz CT molecular complexity index is 580. The number of benzene rings is 1. The summed E-state index contributed by atoms with van der Waals surface area (Å²) in [5.41, 5.74) is 2.37. The first kappa shape index (κ1) is 15.4. The summed E-state index contributed by atoms with van der Waals surface area (Å²) in [6.45, 7) is 3.07. The van der Waals surface area contributed by atoms with Crippen molar-refractivity contribution >= 4 is 34.6 Å². The number of amides is 2. The van der Waals surface area contributed by atoms with Crippen LogP contribution < -0.4 is 0 Å². The Labute approximate surface area is 126 Å². The van der Waals surface area contributed by atoms with Gasteiger partial charge >= 0.3 is 5.97 Å². The first-order chi connectivity index (χ1) is 10.1. The van der Waals surface area contributed by atoms with Crippen LogP contribution in [0.3, 0.4) is 0 Å². The molecule has 1 aliphatic heterocycles. The molecule has 0 saturated heterocycles. The Morgan fingerprint density at radius 2 is 1.86 bits per heavy atom. The number of hydrogen-bond acceptors (Lipinski definition) is 4. The van der Waals surface area contributed by atoms with Crippen molar-refractivity contribution in [3.63, 3.8) is 0 Å². The molecule has 0 unspecified atom stereocenters. The smallest absolute Gasteiger partial charge is 0.304 e. The molecule has 6 nitrogen and oxygen atoms in total. The maximum absolute atomic E-state index is 12.4. The van der Waals surface area contributed by atoms with E-state index in [9.17, 15) is 14.4 Å². The van der Waals surface area contributed by atoms with E-state index >= 15 is 0 Å². The van der Waals surface area contributed by atoms with Crippen LogP contribution in [0, 0.1) is 0 Å². The fourth-order valence-corrected chi connectivity index (χ4v) is 2.41. The van der Waals surface area contributed by atoms with E-state index in [1.54, 1.807) is 29.8 Å². The molecule has 2 amide bonds. The van der Waals surface area contributed by atoms with Gasteiger partial charge in [-0.3, -0.25) is 14.4 Å². The van der Waals surface area contributed by atoms with Crippen LogP contribution in [0.5, 0.6) is 0 Å². The Hall–Kier alpha value is -1.99. The third-order valence-electron chi connectivity index (χ3n) is 2.83. The van der Waals surface area contributed by atoms with Crippen LogP contribution >= 0.6 is 11.4 Å². The molecule has 0 aromatic heterocycles. The fourth-order valence-electron chi connectivity index (χ4n) is 1.89. The average molecular weight is 308 g/mol. The van der Waals surface area contributed by atoms with Gasteiger partial charge in [-0.05, 0) is 17.9 Å². The molecule has 112 valence electrons. The molecule has 1 heterocycles. The number of hydrogen-bond donors (Lipinski definition) is 1. The predicted octanol–water partition coefficient (Wildman–Crippen LogP) is 1.27. The standard InChI is InChI=1S/C14H16N2O4S/c1-3-21-9-15(8-20-10(2)17)16-13(18)11-6-4-5-7-12(11)14(16)19/h4-7,9,21H,3,8H2,1-2H3. The van der Waals surface area contributed by atoms with E-state index in [-0.39, 0.29) is 6.73 Å². The molecule has 0 atom stereocenters. The van der Waals surface area contributed by atoms with Gasteiger partial charge < -0.3 is 4.74 Å². The van der Waals surface area contributed by atoms with Crippen LogP contribution in [0.1, 0.15) is 34.6 Å². The Morgan fingerprint density at radius 3 is 2.33 bits per heavy atom. The highest BCUT2D eigenvalue weighted by Gasteiger charge is 2.38. The number of carbonyl (C=O) groups excluding carboxylic acids is 3. The first-order valence-corrected chi connectivity index (χ1v) is 7.58. The van der Waals surface area contributed by atoms with Gasteiger partial charge in [-0.2, -0.15) is 16.4 Å². The predicted molar refractivity (Wildman–Crippen MR) is 81.0 cm³/mol. The number of nitrogens with zero attached hydrogens (tertiary/aromatic N) is 2. The lowest BCUT2D eigenvalue weighted by Gasteiger charge is -2.25. The zero-order valence-corrected chi connectivity index (χ0v) is 12.7. The van der Waals surface area contributed by atoms with E-state index in [0.717, 1.165) is 22.1 Å². The van der Waals surface area contributed by atoms with Crippen LogP contribution in [0.25, 0.3) is 0 Å². The van der Waals surface area contributed by atoms with Gasteiger partial charge in [0.05, 0.1) is 11.1 Å². The number of imide groups is 1. The van der Waals surface area contributed by atoms with Crippen molar-refractivity contribution in [2.75, 3.05) is 12.5 Å².